The zero-order valence-electron chi connectivity index (χ0n) is 29.8. The van der Waals surface area contributed by atoms with Gasteiger partial charge in [-0.1, -0.05) is 157 Å². The van der Waals surface area contributed by atoms with E-state index in [2.05, 4.69) is 121 Å². The maximum Gasteiger partial charge on any atom is 0.192 e. The van der Waals surface area contributed by atoms with E-state index >= 15 is 0 Å². The van der Waals surface area contributed by atoms with Gasteiger partial charge in [0.25, 0.3) is 0 Å². The molecule has 0 saturated carbocycles. The molecule has 0 aromatic heterocycles. The molecule has 3 rings (SSSR count). The van der Waals surface area contributed by atoms with Gasteiger partial charge in [-0.2, -0.15) is 0 Å². The van der Waals surface area contributed by atoms with E-state index in [4.69, 9.17) is 16.0 Å². The molecule has 0 heterocycles. The lowest BCUT2D eigenvalue weighted by Gasteiger charge is -2.38. The Hall–Kier alpha value is -2.79. The second-order valence-corrected chi connectivity index (χ2v) is 17.5. The molecule has 0 amide bonds. The largest absolute Gasteiger partial charge is 0.411 e. The minimum Gasteiger partial charge on any atom is -0.411 e. The van der Waals surface area contributed by atoms with Crippen LogP contribution in [-0.2, 0) is 23.7 Å². The fourth-order valence-electron chi connectivity index (χ4n) is 4.23. The number of rotatable bonds is 13. The quantitative estimate of drug-likeness (QED) is 0.0719. The Morgan fingerprint density at radius 2 is 1.08 bits per heavy atom. The van der Waals surface area contributed by atoms with Crippen LogP contribution in [0.25, 0.3) is 0 Å². The molecule has 0 spiro atoms. The summed E-state index contributed by atoms with van der Waals surface area (Å²) in [4.78, 5) is 0. The number of terminal acetylenes is 1. The van der Waals surface area contributed by atoms with Crippen molar-refractivity contribution in [3.63, 3.8) is 0 Å². The first-order valence-electron chi connectivity index (χ1n) is 16.5. The molecule has 0 aliphatic heterocycles. The summed E-state index contributed by atoms with van der Waals surface area (Å²) in [7, 11) is 2.50. The molecule has 0 fully saturated rings. The van der Waals surface area contributed by atoms with Gasteiger partial charge in [0.15, 0.2) is 15.4 Å². The summed E-state index contributed by atoms with van der Waals surface area (Å²) >= 11 is 3.03. The van der Waals surface area contributed by atoms with Crippen LogP contribution in [0.3, 0.4) is 0 Å². The topological polar surface area (TPSA) is 49.7 Å². The average molecular weight is 703 g/mol. The van der Waals surface area contributed by atoms with Crippen molar-refractivity contribution in [3.8, 4) is 12.3 Å². The van der Waals surface area contributed by atoms with Gasteiger partial charge in [0, 0.05) is 0 Å². The Bertz CT molecular complexity index is 1250. The first-order valence-corrected chi connectivity index (χ1v) is 20.0. The summed E-state index contributed by atoms with van der Waals surface area (Å²) in [6.45, 7) is 15.5. The Morgan fingerprint density at radius 1 is 0.714 bits per heavy atom. The summed E-state index contributed by atoms with van der Waals surface area (Å²) in [6.07, 6.45) is 17.7. The third-order valence-electron chi connectivity index (χ3n) is 7.95. The molecule has 49 heavy (non-hydrogen) atoms. The first kappa shape index (κ1) is 50.6. The van der Waals surface area contributed by atoms with Crippen LogP contribution in [0.1, 0.15) is 85.4 Å². The van der Waals surface area contributed by atoms with Gasteiger partial charge >= 0.3 is 0 Å². The molecule has 0 bridgehead atoms. The SMILES string of the molecule is C.C.C#C[C@@H](O)CCc1ccccc1.C/C=C/[C@@H](O)CCc1ccccc1.C/C=C/[C@H](CCc1ccccc1)O[Si](C)(C)C(C)(C)C.[B]S. The highest BCUT2D eigenvalue weighted by Crippen LogP contribution is 2.37. The van der Waals surface area contributed by atoms with E-state index in [1.165, 1.54) is 16.7 Å². The van der Waals surface area contributed by atoms with E-state index < -0.39 is 14.4 Å². The number of thiol groups is 1. The molecule has 0 aliphatic carbocycles. The number of hydrogen-bond acceptors (Lipinski definition) is 4. The van der Waals surface area contributed by atoms with Gasteiger partial charge in [0.05, 0.1) is 12.2 Å². The van der Waals surface area contributed by atoms with Crippen molar-refractivity contribution in [3.05, 3.63) is 132 Å². The van der Waals surface area contributed by atoms with Crippen molar-refractivity contribution < 1.29 is 14.6 Å². The highest BCUT2D eigenvalue weighted by Gasteiger charge is 2.38. The molecule has 0 aliphatic rings. The van der Waals surface area contributed by atoms with E-state index in [-0.39, 0.29) is 32.1 Å². The molecule has 6 heteroatoms. The summed E-state index contributed by atoms with van der Waals surface area (Å²) in [5.74, 6) is 2.29. The van der Waals surface area contributed by atoms with Crippen LogP contribution in [0.15, 0.2) is 115 Å². The number of aryl methyl sites for hydroxylation is 3. The first-order chi connectivity index (χ1) is 22.4. The monoisotopic (exact) mass is 702 g/mol. The maximum absolute atomic E-state index is 9.42. The number of hydrogen-bond donors (Lipinski definition) is 3. The molecule has 3 aromatic carbocycles. The van der Waals surface area contributed by atoms with Crippen LogP contribution < -0.4 is 0 Å². The van der Waals surface area contributed by atoms with Gasteiger partial charge in [0.1, 0.15) is 6.10 Å². The molecule has 2 radical (unpaired) electrons. The predicted molar refractivity (Wildman–Crippen MR) is 225 cm³/mol. The maximum atomic E-state index is 9.42. The smallest absolute Gasteiger partial charge is 0.192 e. The van der Waals surface area contributed by atoms with Crippen LogP contribution in [-0.4, -0.2) is 44.0 Å². The molecule has 3 aromatic rings. The van der Waals surface area contributed by atoms with E-state index in [9.17, 15) is 5.11 Å². The van der Waals surface area contributed by atoms with E-state index in [1.807, 2.05) is 67.6 Å². The van der Waals surface area contributed by atoms with Crippen molar-refractivity contribution >= 4 is 27.9 Å². The molecular weight excluding hydrogens is 635 g/mol. The summed E-state index contributed by atoms with van der Waals surface area (Å²) in [5, 5.41) is 18.8. The third kappa shape index (κ3) is 24.9. The Labute approximate surface area is 310 Å². The Kier molecular flexibility index (Phi) is 31.0. The lowest BCUT2D eigenvalue weighted by Crippen LogP contribution is -2.43. The zero-order valence-corrected chi connectivity index (χ0v) is 31.7. The Balaban J connectivity index is -0.000000642. The normalized spacial score (nSPS) is 12.6. The van der Waals surface area contributed by atoms with Gasteiger partial charge in [0.2, 0.25) is 0 Å². The highest BCUT2D eigenvalue weighted by atomic mass is 32.1. The van der Waals surface area contributed by atoms with E-state index in [0.717, 1.165) is 32.1 Å². The fraction of sp³-hybridized carbons (Fsp3) is 0.442. The van der Waals surface area contributed by atoms with E-state index in [1.54, 1.807) is 0 Å². The van der Waals surface area contributed by atoms with Gasteiger partial charge < -0.3 is 14.6 Å². The standard InChI is InChI=1S/C18H30OSi.C12H16O.C11H12O.2CH4.BHS/c1-7-11-17(19-20(5,6)18(2,3)4)15-14-16-12-9-8-10-13-16;1-2-6-12(13)10-9-11-7-4-3-5-8-11;1-2-11(12)9-8-10-6-4-3-5-7-10;;;1-2/h7-13,17H,14-15H2,1-6H3;2-8,12-13H,9-10H2,1H3;1,3-7,11-12H,8-9H2;2*1H4;2H/b11-7+;6-2+;;;;/t17-;12-;11-;;;/m111.../s1. The lowest BCUT2D eigenvalue weighted by atomic mass is 10.1. The van der Waals surface area contributed by atoms with Gasteiger partial charge in [-0.05, 0) is 87.2 Å². The summed E-state index contributed by atoms with van der Waals surface area (Å²) in [5.41, 5.74) is 3.89. The van der Waals surface area contributed by atoms with Crippen LogP contribution in [0, 0.1) is 12.3 Å². The highest BCUT2D eigenvalue weighted by molar-refractivity contribution is 8.03. The third-order valence-corrected chi connectivity index (χ3v) is 12.5. The van der Waals surface area contributed by atoms with Crippen molar-refractivity contribution in [2.75, 3.05) is 0 Å². The average Bonchev–Trinajstić information content (AvgIpc) is 3.08. The van der Waals surface area contributed by atoms with Crippen LogP contribution in [0.4, 0.5) is 0 Å². The van der Waals surface area contributed by atoms with Gasteiger partial charge in [-0.25, -0.2) is 12.5 Å². The predicted octanol–water partition coefficient (Wildman–Crippen LogP) is 11.0. The number of benzene rings is 3. The molecular formula is C43H67BO3SSi. The molecule has 0 unspecified atom stereocenters. The van der Waals surface area contributed by atoms with Crippen molar-refractivity contribution in [1.82, 2.24) is 0 Å². The summed E-state index contributed by atoms with van der Waals surface area (Å²) in [6, 6.07) is 30.9. The molecule has 3 atom stereocenters. The van der Waals surface area contributed by atoms with Crippen molar-refractivity contribution in [1.29, 1.82) is 0 Å². The van der Waals surface area contributed by atoms with Gasteiger partial charge in [-0.15, -0.1) is 6.42 Å². The van der Waals surface area contributed by atoms with Crippen molar-refractivity contribution in [2.45, 2.75) is 124 Å². The fourth-order valence-corrected chi connectivity index (χ4v) is 5.53. The zero-order chi connectivity index (χ0) is 35.6. The Morgan fingerprint density at radius 3 is 1.43 bits per heavy atom. The molecule has 2 N–H and O–H groups in total. The van der Waals surface area contributed by atoms with Gasteiger partial charge in [-0.3, -0.25) is 0 Å². The second-order valence-electron chi connectivity index (χ2n) is 12.8. The van der Waals surface area contributed by atoms with Crippen LogP contribution >= 0.6 is 12.5 Å². The number of aliphatic hydroxyl groups excluding tert-OH is 2. The second kappa shape index (κ2) is 30.1. The number of allylic oxidation sites excluding steroid dienone is 2. The number of aliphatic hydroxyl groups is 2. The minimum absolute atomic E-state index is 0. The van der Waals surface area contributed by atoms with Crippen LogP contribution in [0.2, 0.25) is 18.1 Å². The molecule has 0 saturated heterocycles. The molecule has 270 valence electrons. The van der Waals surface area contributed by atoms with Crippen molar-refractivity contribution in [2.24, 2.45) is 0 Å². The molecule has 3 nitrogen and oxygen atoms in total. The van der Waals surface area contributed by atoms with Crippen LogP contribution in [0.5, 0.6) is 0 Å². The lowest BCUT2D eigenvalue weighted by molar-refractivity contribution is 0.213. The summed E-state index contributed by atoms with van der Waals surface area (Å²) < 4.78 is 6.52. The van der Waals surface area contributed by atoms with E-state index in [0.29, 0.717) is 6.42 Å². The minimum atomic E-state index is -1.69.